The number of nitrogens with two attached hydrogens (primary N) is 1. The molecule has 0 aliphatic carbocycles. The van der Waals surface area contributed by atoms with Crippen LogP contribution in [0.2, 0.25) is 0 Å². The van der Waals surface area contributed by atoms with Crippen LogP contribution < -0.4 is 11.1 Å². The van der Waals surface area contributed by atoms with Gasteiger partial charge in [0.05, 0.1) is 0 Å². The van der Waals surface area contributed by atoms with E-state index in [0.717, 1.165) is 9.73 Å². The monoisotopic (exact) mass is 249 g/mol. The van der Waals surface area contributed by atoms with E-state index in [1.807, 2.05) is 5.38 Å². The van der Waals surface area contributed by atoms with Gasteiger partial charge >= 0.3 is 0 Å². The van der Waals surface area contributed by atoms with Crippen LogP contribution >= 0.6 is 27.3 Å². The van der Waals surface area contributed by atoms with Gasteiger partial charge in [0.15, 0.2) is 5.13 Å². The highest BCUT2D eigenvalue weighted by molar-refractivity contribution is 9.10. The molecule has 1 rings (SSSR count). The number of anilines is 1. The van der Waals surface area contributed by atoms with Crippen molar-refractivity contribution < 1.29 is 4.79 Å². The van der Waals surface area contributed by atoms with Gasteiger partial charge in [0.2, 0.25) is 5.91 Å². The van der Waals surface area contributed by atoms with Crippen molar-refractivity contribution in [1.29, 1.82) is 0 Å². The van der Waals surface area contributed by atoms with Gasteiger partial charge in [-0.25, -0.2) is 4.98 Å². The molecule has 0 unspecified atom stereocenters. The van der Waals surface area contributed by atoms with Crippen LogP contribution in [0, 0.1) is 0 Å². The lowest BCUT2D eigenvalue weighted by molar-refractivity contribution is -0.117. The summed E-state index contributed by atoms with van der Waals surface area (Å²) < 4.78 is 0.800. The Morgan fingerprint density at radius 2 is 2.58 bits per heavy atom. The second kappa shape index (κ2) is 4.42. The van der Waals surface area contributed by atoms with Crippen molar-refractivity contribution in [2.75, 3.05) is 11.9 Å². The van der Waals surface area contributed by atoms with Crippen LogP contribution in [-0.4, -0.2) is 17.4 Å². The van der Waals surface area contributed by atoms with Crippen molar-refractivity contribution in [3.63, 3.8) is 0 Å². The van der Waals surface area contributed by atoms with E-state index in [4.69, 9.17) is 5.73 Å². The third-order valence-electron chi connectivity index (χ3n) is 1.12. The third-order valence-corrected chi connectivity index (χ3v) is 2.63. The number of hydrogen-bond acceptors (Lipinski definition) is 4. The smallest absolute Gasteiger partial charge is 0.219 e. The van der Waals surface area contributed by atoms with Gasteiger partial charge in [-0.15, -0.1) is 11.3 Å². The highest BCUT2D eigenvalue weighted by atomic mass is 79.9. The van der Waals surface area contributed by atoms with Crippen LogP contribution in [-0.2, 0) is 4.79 Å². The van der Waals surface area contributed by atoms with Crippen molar-refractivity contribution in [1.82, 2.24) is 4.98 Å². The summed E-state index contributed by atoms with van der Waals surface area (Å²) in [5.41, 5.74) is 4.96. The third kappa shape index (κ3) is 3.19. The molecule has 1 aromatic rings. The lowest BCUT2D eigenvalue weighted by Gasteiger charge is -1.97. The molecule has 0 bridgehead atoms. The van der Waals surface area contributed by atoms with Crippen molar-refractivity contribution in [2.45, 2.75) is 6.42 Å². The maximum absolute atomic E-state index is 10.4. The second-order valence-corrected chi connectivity index (χ2v) is 3.79. The zero-order chi connectivity index (χ0) is 8.97. The maximum Gasteiger partial charge on any atom is 0.219 e. The summed E-state index contributed by atoms with van der Waals surface area (Å²) >= 11 is 4.70. The Labute approximate surface area is 82.3 Å². The average Bonchev–Trinajstić information content (AvgIpc) is 2.35. The molecule has 1 aromatic heterocycles. The van der Waals surface area contributed by atoms with Gasteiger partial charge in [0.25, 0.3) is 0 Å². The number of rotatable bonds is 4. The molecular weight excluding hydrogens is 242 g/mol. The molecule has 0 aromatic carbocycles. The molecule has 1 amide bonds. The van der Waals surface area contributed by atoms with Gasteiger partial charge in [-0.05, 0) is 15.9 Å². The lowest BCUT2D eigenvalue weighted by atomic mass is 10.4. The highest BCUT2D eigenvalue weighted by Gasteiger charge is 1.98. The molecule has 0 radical (unpaired) electrons. The fourth-order valence-electron chi connectivity index (χ4n) is 0.628. The number of carbonyl (C=O) groups excluding carboxylic acids is 1. The largest absolute Gasteiger partial charge is 0.370 e. The Hall–Kier alpha value is -0.620. The van der Waals surface area contributed by atoms with Crippen LogP contribution in [0.15, 0.2) is 9.98 Å². The highest BCUT2D eigenvalue weighted by Crippen LogP contribution is 2.18. The lowest BCUT2D eigenvalue weighted by Crippen LogP contribution is -2.15. The van der Waals surface area contributed by atoms with Crippen LogP contribution in [0.25, 0.3) is 0 Å². The molecule has 12 heavy (non-hydrogen) atoms. The topological polar surface area (TPSA) is 68.0 Å². The van der Waals surface area contributed by atoms with Crippen molar-refractivity contribution in [3.05, 3.63) is 9.98 Å². The normalized spacial score (nSPS) is 9.75. The van der Waals surface area contributed by atoms with E-state index in [-0.39, 0.29) is 5.91 Å². The summed E-state index contributed by atoms with van der Waals surface area (Å²) in [4.78, 5) is 14.4. The first-order valence-electron chi connectivity index (χ1n) is 3.31. The van der Waals surface area contributed by atoms with Gasteiger partial charge < -0.3 is 11.1 Å². The maximum atomic E-state index is 10.4. The van der Waals surface area contributed by atoms with E-state index in [0.29, 0.717) is 13.0 Å². The molecule has 1 heterocycles. The number of thiazole rings is 1. The SMILES string of the molecule is NC(=O)CCNc1nc(Br)cs1. The van der Waals surface area contributed by atoms with E-state index >= 15 is 0 Å². The summed E-state index contributed by atoms with van der Waals surface area (Å²) in [6.45, 7) is 0.537. The van der Waals surface area contributed by atoms with Gasteiger partial charge in [0, 0.05) is 18.3 Å². The molecule has 6 heteroatoms. The van der Waals surface area contributed by atoms with Gasteiger partial charge in [0.1, 0.15) is 4.60 Å². The fourth-order valence-corrected chi connectivity index (χ4v) is 1.80. The van der Waals surface area contributed by atoms with E-state index in [1.54, 1.807) is 0 Å². The minimum atomic E-state index is -0.307. The van der Waals surface area contributed by atoms with Crippen LogP contribution in [0.5, 0.6) is 0 Å². The summed E-state index contributed by atoms with van der Waals surface area (Å²) in [5, 5.41) is 5.64. The molecule has 0 fully saturated rings. The minimum Gasteiger partial charge on any atom is -0.370 e. The molecule has 66 valence electrons. The summed E-state index contributed by atoms with van der Waals surface area (Å²) in [6, 6.07) is 0. The number of amides is 1. The van der Waals surface area contributed by atoms with E-state index in [1.165, 1.54) is 11.3 Å². The summed E-state index contributed by atoms with van der Waals surface area (Å²) in [7, 11) is 0. The number of nitrogens with one attached hydrogen (secondary N) is 1. The first-order chi connectivity index (χ1) is 5.68. The van der Waals surface area contributed by atoms with E-state index < -0.39 is 0 Å². The Morgan fingerprint density at radius 1 is 1.83 bits per heavy atom. The van der Waals surface area contributed by atoms with Crippen molar-refractivity contribution >= 4 is 38.3 Å². The molecule has 0 atom stereocenters. The van der Waals surface area contributed by atoms with Crippen molar-refractivity contribution in [2.24, 2.45) is 5.73 Å². The quantitative estimate of drug-likeness (QED) is 0.843. The molecule has 0 saturated carbocycles. The first kappa shape index (κ1) is 9.47. The van der Waals surface area contributed by atoms with Crippen LogP contribution in [0.1, 0.15) is 6.42 Å². The Balaban J connectivity index is 2.29. The Morgan fingerprint density at radius 3 is 3.08 bits per heavy atom. The van der Waals surface area contributed by atoms with Gasteiger partial charge in [-0.3, -0.25) is 4.79 Å². The zero-order valence-corrected chi connectivity index (χ0v) is 8.61. The zero-order valence-electron chi connectivity index (χ0n) is 6.21. The van der Waals surface area contributed by atoms with E-state index in [9.17, 15) is 4.79 Å². The average molecular weight is 250 g/mol. The van der Waals surface area contributed by atoms with Gasteiger partial charge in [-0.1, -0.05) is 0 Å². The summed E-state index contributed by atoms with van der Waals surface area (Å²) in [5.74, 6) is -0.307. The molecule has 3 N–H and O–H groups in total. The second-order valence-electron chi connectivity index (χ2n) is 2.12. The number of carbonyl (C=O) groups is 1. The predicted molar refractivity (Wildman–Crippen MR) is 52.1 cm³/mol. The minimum absolute atomic E-state index is 0.307. The number of aromatic nitrogens is 1. The molecule has 0 aliphatic rings. The number of primary amides is 1. The standard InChI is InChI=1S/C6H8BrN3OS/c7-4-3-12-6(10-4)9-2-1-5(8)11/h3H,1-2H2,(H2,8,11)(H,9,10). The summed E-state index contributed by atoms with van der Waals surface area (Å²) in [6.07, 6.45) is 0.331. The van der Waals surface area contributed by atoms with Crippen molar-refractivity contribution in [3.8, 4) is 0 Å². The Kier molecular flexibility index (Phi) is 3.48. The number of halogens is 1. The molecule has 0 saturated heterocycles. The molecular formula is C6H8BrN3OS. The van der Waals surface area contributed by atoms with Gasteiger partial charge in [-0.2, -0.15) is 0 Å². The fraction of sp³-hybridized carbons (Fsp3) is 0.333. The molecule has 4 nitrogen and oxygen atoms in total. The number of hydrogen-bond donors (Lipinski definition) is 2. The Bertz CT molecular complexity index is 276. The van der Waals surface area contributed by atoms with Crippen LogP contribution in [0.3, 0.4) is 0 Å². The van der Waals surface area contributed by atoms with E-state index in [2.05, 4.69) is 26.2 Å². The molecule has 0 aliphatic heterocycles. The van der Waals surface area contributed by atoms with Crippen LogP contribution in [0.4, 0.5) is 5.13 Å². The first-order valence-corrected chi connectivity index (χ1v) is 4.99. The number of nitrogens with zero attached hydrogens (tertiary/aromatic N) is 1. The predicted octanol–water partition coefficient (Wildman–Crippen LogP) is 1.19. The molecule has 0 spiro atoms.